The number of carbonyl (C=O) groups excluding carboxylic acids is 2. The van der Waals surface area contributed by atoms with E-state index in [1.165, 1.54) is 0 Å². The van der Waals surface area contributed by atoms with Crippen LogP contribution in [-0.2, 0) is 11.8 Å². The number of ketones is 1. The number of rotatable bonds is 5. The average molecular weight is 387 g/mol. The third-order valence-electron chi connectivity index (χ3n) is 5.09. The van der Waals surface area contributed by atoms with Gasteiger partial charge in [-0.2, -0.15) is 5.10 Å². The third-order valence-corrected chi connectivity index (χ3v) is 5.09. The first-order chi connectivity index (χ1) is 14.0. The van der Waals surface area contributed by atoms with Crippen LogP contribution in [-0.4, -0.2) is 33.1 Å². The number of nitrogens with one attached hydrogen (secondary N) is 1. The minimum Gasteiger partial charge on any atom is -0.454 e. The Morgan fingerprint density at radius 2 is 1.69 bits per heavy atom. The summed E-state index contributed by atoms with van der Waals surface area (Å²) in [5, 5.41) is 5.04. The van der Waals surface area contributed by atoms with Gasteiger partial charge in [0.15, 0.2) is 6.61 Å². The number of para-hydroxylation sites is 1. The van der Waals surface area contributed by atoms with Crippen molar-refractivity contribution in [2.75, 3.05) is 6.61 Å². The number of aromatic amines is 1. The van der Waals surface area contributed by atoms with Gasteiger partial charge < -0.3 is 9.72 Å². The van der Waals surface area contributed by atoms with Crippen LogP contribution in [0.3, 0.4) is 0 Å². The molecular formula is C23H21N3O3. The number of H-pyrrole nitrogens is 1. The number of ether oxygens (including phenoxy) is 1. The van der Waals surface area contributed by atoms with Crippen molar-refractivity contribution in [2.45, 2.75) is 13.8 Å². The van der Waals surface area contributed by atoms with E-state index in [1.54, 1.807) is 25.6 Å². The predicted octanol–water partition coefficient (Wildman–Crippen LogP) is 4.22. The van der Waals surface area contributed by atoms with Crippen molar-refractivity contribution < 1.29 is 14.3 Å². The van der Waals surface area contributed by atoms with E-state index in [0.29, 0.717) is 22.5 Å². The first kappa shape index (κ1) is 18.7. The first-order valence-corrected chi connectivity index (χ1v) is 9.34. The maximum atomic E-state index is 13.1. The number of hydrogen-bond donors (Lipinski definition) is 1. The van der Waals surface area contributed by atoms with Gasteiger partial charge in [-0.25, -0.2) is 4.79 Å². The van der Waals surface area contributed by atoms with E-state index in [0.717, 1.165) is 22.2 Å². The smallest absolute Gasteiger partial charge is 0.342 e. The van der Waals surface area contributed by atoms with Crippen LogP contribution in [0.25, 0.3) is 22.2 Å². The fourth-order valence-electron chi connectivity index (χ4n) is 3.60. The Kier molecular flexibility index (Phi) is 4.76. The predicted molar refractivity (Wildman–Crippen MR) is 111 cm³/mol. The summed E-state index contributed by atoms with van der Waals surface area (Å²) in [5.74, 6) is -0.795. The number of aryl methyl sites for hydroxylation is 2. The zero-order valence-corrected chi connectivity index (χ0v) is 16.5. The van der Waals surface area contributed by atoms with Crippen LogP contribution >= 0.6 is 0 Å². The highest BCUT2D eigenvalue weighted by Crippen LogP contribution is 2.30. The van der Waals surface area contributed by atoms with Crippen LogP contribution in [0.5, 0.6) is 0 Å². The number of Topliss-reactive ketones (excluding diaryl/α,β-unsaturated/α-hetero) is 1. The summed E-state index contributed by atoms with van der Waals surface area (Å²) in [6.45, 7) is 3.21. The van der Waals surface area contributed by atoms with Gasteiger partial charge in [0.25, 0.3) is 0 Å². The average Bonchev–Trinajstić information content (AvgIpc) is 3.23. The number of nitrogens with zero attached hydrogens (tertiary/aromatic N) is 2. The Hall–Kier alpha value is -3.67. The Balaban J connectivity index is 1.66. The van der Waals surface area contributed by atoms with Gasteiger partial charge >= 0.3 is 5.97 Å². The van der Waals surface area contributed by atoms with Crippen molar-refractivity contribution in [1.29, 1.82) is 0 Å². The molecule has 0 aliphatic heterocycles. The summed E-state index contributed by atoms with van der Waals surface area (Å²) < 4.78 is 7.00. The van der Waals surface area contributed by atoms with E-state index < -0.39 is 5.97 Å². The molecule has 0 fully saturated rings. The number of carbonyl (C=O) groups is 2. The molecule has 0 amide bonds. The minimum atomic E-state index is -0.539. The molecule has 4 aromatic rings. The molecule has 0 aliphatic carbocycles. The molecule has 4 rings (SSSR count). The van der Waals surface area contributed by atoms with Crippen LogP contribution in [0.15, 0.2) is 54.6 Å². The van der Waals surface area contributed by atoms with Crippen LogP contribution in [0.2, 0.25) is 0 Å². The number of fused-ring (bicyclic) bond motifs is 1. The maximum absolute atomic E-state index is 13.1. The molecule has 146 valence electrons. The highest BCUT2D eigenvalue weighted by molar-refractivity contribution is 6.14. The van der Waals surface area contributed by atoms with Crippen LogP contribution < -0.4 is 0 Å². The molecular weight excluding hydrogens is 366 g/mol. The summed E-state index contributed by atoms with van der Waals surface area (Å²) in [4.78, 5) is 29.0. The van der Waals surface area contributed by atoms with Crippen molar-refractivity contribution in [2.24, 2.45) is 7.05 Å². The number of hydrogen-bond acceptors (Lipinski definition) is 4. The van der Waals surface area contributed by atoms with E-state index in [-0.39, 0.29) is 12.4 Å². The zero-order chi connectivity index (χ0) is 20.5. The second-order valence-corrected chi connectivity index (χ2v) is 6.96. The summed E-state index contributed by atoms with van der Waals surface area (Å²) >= 11 is 0. The molecule has 2 aromatic heterocycles. The van der Waals surface area contributed by atoms with Crippen molar-refractivity contribution in [3.63, 3.8) is 0 Å². The van der Waals surface area contributed by atoms with Gasteiger partial charge in [-0.3, -0.25) is 9.48 Å². The zero-order valence-electron chi connectivity index (χ0n) is 16.5. The molecule has 2 aromatic carbocycles. The SMILES string of the molecule is Cc1nn(C)c(C)c1C(=O)OCC(=O)c1c(-c2ccccc2)[nH]c2ccccc12. The van der Waals surface area contributed by atoms with E-state index >= 15 is 0 Å². The topological polar surface area (TPSA) is 77.0 Å². The lowest BCUT2D eigenvalue weighted by molar-refractivity contribution is 0.0473. The summed E-state index contributed by atoms with van der Waals surface area (Å²) in [6, 6.07) is 17.3. The van der Waals surface area contributed by atoms with Crippen molar-refractivity contribution in [1.82, 2.24) is 14.8 Å². The number of esters is 1. The molecule has 6 heteroatoms. The van der Waals surface area contributed by atoms with Gasteiger partial charge in [-0.1, -0.05) is 48.5 Å². The van der Waals surface area contributed by atoms with Gasteiger partial charge in [0.1, 0.15) is 5.56 Å². The standard InChI is InChI=1S/C23H21N3O3/c1-14-20(15(2)26(3)25-14)23(28)29-13-19(27)21-17-11-7-8-12-18(17)24-22(21)16-9-5-4-6-10-16/h4-12,24H,13H2,1-3H3. The van der Waals surface area contributed by atoms with Gasteiger partial charge in [0.2, 0.25) is 5.78 Å². The quantitative estimate of drug-likeness (QED) is 0.411. The van der Waals surface area contributed by atoms with Crippen LogP contribution in [0.4, 0.5) is 0 Å². The molecule has 0 saturated carbocycles. The Bertz CT molecular complexity index is 1220. The van der Waals surface area contributed by atoms with E-state index in [1.807, 2.05) is 54.6 Å². The number of benzene rings is 2. The lowest BCUT2D eigenvalue weighted by Crippen LogP contribution is -2.16. The molecule has 0 unspecified atom stereocenters. The molecule has 0 radical (unpaired) electrons. The van der Waals surface area contributed by atoms with E-state index in [9.17, 15) is 9.59 Å². The van der Waals surface area contributed by atoms with E-state index in [2.05, 4.69) is 10.1 Å². The Morgan fingerprint density at radius 3 is 2.38 bits per heavy atom. The summed E-state index contributed by atoms with van der Waals surface area (Å²) in [5.41, 5.74) is 4.71. The fourth-order valence-corrected chi connectivity index (χ4v) is 3.60. The monoisotopic (exact) mass is 387 g/mol. The molecule has 0 bridgehead atoms. The molecule has 0 atom stereocenters. The van der Waals surface area contributed by atoms with E-state index in [4.69, 9.17) is 4.74 Å². The fraction of sp³-hybridized carbons (Fsp3) is 0.174. The second-order valence-electron chi connectivity index (χ2n) is 6.96. The summed E-state index contributed by atoms with van der Waals surface area (Å²) in [6.07, 6.45) is 0. The number of aromatic nitrogens is 3. The molecule has 6 nitrogen and oxygen atoms in total. The highest BCUT2D eigenvalue weighted by Gasteiger charge is 2.23. The van der Waals surface area contributed by atoms with Gasteiger partial charge in [0, 0.05) is 23.6 Å². The Labute approximate surface area is 168 Å². The highest BCUT2D eigenvalue weighted by atomic mass is 16.5. The van der Waals surface area contributed by atoms with Crippen molar-refractivity contribution in [3.05, 3.63) is 77.1 Å². The first-order valence-electron chi connectivity index (χ1n) is 9.34. The van der Waals surface area contributed by atoms with Crippen LogP contribution in [0.1, 0.15) is 32.1 Å². The Morgan fingerprint density at radius 1 is 1.00 bits per heavy atom. The minimum absolute atomic E-state index is 0.256. The molecule has 0 spiro atoms. The van der Waals surface area contributed by atoms with Crippen molar-refractivity contribution in [3.8, 4) is 11.3 Å². The molecule has 29 heavy (non-hydrogen) atoms. The molecule has 2 heterocycles. The molecule has 0 aliphatic rings. The molecule has 0 saturated heterocycles. The van der Waals surface area contributed by atoms with Gasteiger partial charge in [-0.05, 0) is 25.5 Å². The molecule has 1 N–H and O–H groups in total. The largest absolute Gasteiger partial charge is 0.454 e. The lowest BCUT2D eigenvalue weighted by atomic mass is 10.0. The van der Waals surface area contributed by atoms with Gasteiger partial charge in [0.05, 0.1) is 17.0 Å². The summed E-state index contributed by atoms with van der Waals surface area (Å²) in [7, 11) is 1.77. The van der Waals surface area contributed by atoms with Crippen molar-refractivity contribution >= 4 is 22.7 Å². The van der Waals surface area contributed by atoms with Crippen LogP contribution in [0, 0.1) is 13.8 Å². The lowest BCUT2D eigenvalue weighted by Gasteiger charge is -2.07. The van der Waals surface area contributed by atoms with Gasteiger partial charge in [-0.15, -0.1) is 0 Å². The second kappa shape index (κ2) is 7.39. The normalized spacial score (nSPS) is 11.0. The maximum Gasteiger partial charge on any atom is 0.342 e. The third kappa shape index (κ3) is 3.33.